The minimum atomic E-state index is 0.134. The summed E-state index contributed by atoms with van der Waals surface area (Å²) in [5, 5.41) is 3.98. The highest BCUT2D eigenvalue weighted by atomic mass is 16.5. The summed E-state index contributed by atoms with van der Waals surface area (Å²) in [7, 11) is 1.63. The highest BCUT2D eigenvalue weighted by Crippen LogP contribution is 2.20. The number of hydrogen-bond donors (Lipinski definition) is 0. The molecule has 0 aliphatic carbocycles. The Morgan fingerprint density at radius 2 is 2.00 bits per heavy atom. The van der Waals surface area contributed by atoms with Crippen molar-refractivity contribution in [3.05, 3.63) is 54.0 Å². The molecule has 3 heterocycles. The quantitative estimate of drug-likeness (QED) is 0.621. The molecular weight excluding hydrogens is 382 g/mol. The van der Waals surface area contributed by atoms with Crippen LogP contribution in [0.1, 0.15) is 18.4 Å². The summed E-state index contributed by atoms with van der Waals surface area (Å²) >= 11 is 0. The summed E-state index contributed by atoms with van der Waals surface area (Å²) in [5.41, 5.74) is 1.79. The number of nitrogens with zero attached hydrogens (tertiary/aromatic N) is 5. The largest absolute Gasteiger partial charge is 0.497 e. The molecule has 1 aromatic carbocycles. The summed E-state index contributed by atoms with van der Waals surface area (Å²) in [6.07, 6.45) is 2.86. The van der Waals surface area contributed by atoms with Gasteiger partial charge in [0.15, 0.2) is 0 Å². The predicted octanol–water partition coefficient (Wildman–Crippen LogP) is 2.59. The average molecular weight is 407 g/mol. The third kappa shape index (κ3) is 4.42. The van der Waals surface area contributed by atoms with Crippen LogP contribution >= 0.6 is 0 Å². The van der Waals surface area contributed by atoms with Crippen molar-refractivity contribution in [1.29, 1.82) is 0 Å². The summed E-state index contributed by atoms with van der Waals surface area (Å²) in [4.78, 5) is 25.7. The Kier molecular flexibility index (Phi) is 5.92. The monoisotopic (exact) mass is 407 g/mol. The molecule has 156 valence electrons. The second-order valence-corrected chi connectivity index (χ2v) is 7.17. The SMILES string of the molecule is CCc1nc(-c2ccc(N3CCN(C(=O)Cc4cccc(OC)c4)CC3)nc2)no1. The van der Waals surface area contributed by atoms with Crippen LogP contribution in [0.3, 0.4) is 0 Å². The van der Waals surface area contributed by atoms with Crippen LogP contribution in [-0.4, -0.2) is 59.2 Å². The first-order chi connectivity index (χ1) is 14.7. The molecule has 2 aromatic heterocycles. The highest BCUT2D eigenvalue weighted by molar-refractivity contribution is 5.79. The predicted molar refractivity (Wildman–Crippen MR) is 112 cm³/mol. The molecule has 8 nitrogen and oxygen atoms in total. The third-order valence-electron chi connectivity index (χ3n) is 5.22. The smallest absolute Gasteiger partial charge is 0.227 e. The van der Waals surface area contributed by atoms with Crippen LogP contribution in [0, 0.1) is 0 Å². The zero-order chi connectivity index (χ0) is 20.9. The molecule has 0 bridgehead atoms. The van der Waals surface area contributed by atoms with Crippen molar-refractivity contribution in [2.45, 2.75) is 19.8 Å². The van der Waals surface area contributed by atoms with E-state index >= 15 is 0 Å². The lowest BCUT2D eigenvalue weighted by Gasteiger charge is -2.35. The number of carbonyl (C=O) groups excluding carboxylic acids is 1. The molecule has 1 aliphatic heterocycles. The Labute approximate surface area is 175 Å². The number of anilines is 1. The summed E-state index contributed by atoms with van der Waals surface area (Å²) in [6, 6.07) is 11.6. The number of hydrogen-bond acceptors (Lipinski definition) is 7. The molecule has 8 heteroatoms. The van der Waals surface area contributed by atoms with E-state index in [9.17, 15) is 4.79 Å². The maximum absolute atomic E-state index is 12.7. The van der Waals surface area contributed by atoms with Gasteiger partial charge in [0, 0.05) is 44.4 Å². The Balaban J connectivity index is 1.33. The van der Waals surface area contributed by atoms with Gasteiger partial charge in [0.25, 0.3) is 0 Å². The van der Waals surface area contributed by atoms with Crippen LogP contribution in [0.15, 0.2) is 47.1 Å². The molecule has 1 amide bonds. The molecule has 30 heavy (non-hydrogen) atoms. The Hall–Kier alpha value is -3.42. The normalized spacial score (nSPS) is 14.1. The molecule has 0 unspecified atom stereocenters. The Bertz CT molecular complexity index is 994. The molecule has 1 aliphatic rings. The number of pyridine rings is 1. The fourth-order valence-electron chi connectivity index (χ4n) is 3.47. The van der Waals surface area contributed by atoms with Gasteiger partial charge in [-0.05, 0) is 29.8 Å². The maximum atomic E-state index is 12.7. The molecule has 1 fully saturated rings. The number of amides is 1. The van der Waals surface area contributed by atoms with E-state index in [1.807, 2.05) is 48.2 Å². The minimum Gasteiger partial charge on any atom is -0.497 e. The lowest BCUT2D eigenvalue weighted by atomic mass is 10.1. The van der Waals surface area contributed by atoms with Crippen LogP contribution in [0.5, 0.6) is 5.75 Å². The second kappa shape index (κ2) is 8.94. The van der Waals surface area contributed by atoms with Gasteiger partial charge in [-0.15, -0.1) is 0 Å². The lowest BCUT2D eigenvalue weighted by Crippen LogP contribution is -2.49. The van der Waals surface area contributed by atoms with Gasteiger partial charge in [0.1, 0.15) is 11.6 Å². The molecule has 4 rings (SSSR count). The molecule has 0 N–H and O–H groups in total. The standard InChI is InChI=1S/C22H25N5O3/c1-3-20-24-22(25-30-20)17-7-8-19(23-15-17)26-9-11-27(12-10-26)21(28)14-16-5-4-6-18(13-16)29-2/h4-8,13,15H,3,9-12,14H2,1-2H3. The van der Waals surface area contributed by atoms with Crippen LogP contribution in [0.2, 0.25) is 0 Å². The zero-order valence-electron chi connectivity index (χ0n) is 17.2. The number of methoxy groups -OCH3 is 1. The van der Waals surface area contributed by atoms with Crippen molar-refractivity contribution >= 4 is 11.7 Å². The van der Waals surface area contributed by atoms with Gasteiger partial charge in [-0.2, -0.15) is 4.98 Å². The summed E-state index contributed by atoms with van der Waals surface area (Å²) < 4.78 is 10.4. The van der Waals surface area contributed by atoms with E-state index in [-0.39, 0.29) is 5.91 Å². The third-order valence-corrected chi connectivity index (χ3v) is 5.22. The van der Waals surface area contributed by atoms with Crippen molar-refractivity contribution < 1.29 is 14.1 Å². The number of carbonyl (C=O) groups is 1. The molecule has 0 radical (unpaired) electrons. The van der Waals surface area contributed by atoms with Gasteiger partial charge < -0.3 is 19.1 Å². The first kappa shape index (κ1) is 19.9. The Morgan fingerprint density at radius 1 is 1.17 bits per heavy atom. The van der Waals surface area contributed by atoms with Gasteiger partial charge in [-0.1, -0.05) is 24.2 Å². The van der Waals surface area contributed by atoms with E-state index < -0.39 is 0 Å². The number of aromatic nitrogens is 3. The number of piperazine rings is 1. The Morgan fingerprint density at radius 3 is 2.67 bits per heavy atom. The molecule has 0 saturated carbocycles. The minimum absolute atomic E-state index is 0.134. The molecule has 3 aromatic rings. The van der Waals surface area contributed by atoms with E-state index in [4.69, 9.17) is 9.26 Å². The van der Waals surface area contributed by atoms with Crippen LogP contribution in [0.25, 0.3) is 11.4 Å². The fourth-order valence-corrected chi connectivity index (χ4v) is 3.47. The van der Waals surface area contributed by atoms with Crippen molar-refractivity contribution in [3.63, 3.8) is 0 Å². The first-order valence-electron chi connectivity index (χ1n) is 10.1. The number of benzene rings is 1. The summed E-state index contributed by atoms with van der Waals surface area (Å²) in [5.74, 6) is 2.96. The molecule has 0 atom stereocenters. The van der Waals surface area contributed by atoms with Crippen LogP contribution in [0.4, 0.5) is 5.82 Å². The average Bonchev–Trinajstić information content (AvgIpc) is 3.29. The first-order valence-corrected chi connectivity index (χ1v) is 10.1. The van der Waals surface area contributed by atoms with E-state index in [1.165, 1.54) is 0 Å². The van der Waals surface area contributed by atoms with Gasteiger partial charge >= 0.3 is 0 Å². The van der Waals surface area contributed by atoms with Gasteiger partial charge in [0.2, 0.25) is 17.6 Å². The van der Waals surface area contributed by atoms with Crippen molar-refractivity contribution in [3.8, 4) is 17.1 Å². The number of aryl methyl sites for hydroxylation is 1. The van der Waals surface area contributed by atoms with Crippen molar-refractivity contribution in [2.24, 2.45) is 0 Å². The second-order valence-electron chi connectivity index (χ2n) is 7.17. The van der Waals surface area contributed by atoms with E-state index in [1.54, 1.807) is 13.3 Å². The van der Waals surface area contributed by atoms with Gasteiger partial charge in [-0.25, -0.2) is 4.98 Å². The maximum Gasteiger partial charge on any atom is 0.227 e. The molecule has 0 spiro atoms. The number of rotatable bonds is 6. The van der Waals surface area contributed by atoms with Crippen molar-refractivity contribution in [1.82, 2.24) is 20.0 Å². The van der Waals surface area contributed by atoms with Crippen molar-refractivity contribution in [2.75, 3.05) is 38.2 Å². The van der Waals surface area contributed by atoms with Crippen LogP contribution in [-0.2, 0) is 17.6 Å². The number of ether oxygens (including phenoxy) is 1. The van der Waals surface area contributed by atoms with E-state index in [2.05, 4.69) is 20.0 Å². The zero-order valence-corrected chi connectivity index (χ0v) is 17.2. The highest BCUT2D eigenvalue weighted by Gasteiger charge is 2.22. The summed E-state index contributed by atoms with van der Waals surface area (Å²) in [6.45, 7) is 4.82. The van der Waals surface area contributed by atoms with Gasteiger partial charge in [-0.3, -0.25) is 4.79 Å². The van der Waals surface area contributed by atoms with E-state index in [0.717, 1.165) is 35.8 Å². The van der Waals surface area contributed by atoms with Crippen LogP contribution < -0.4 is 9.64 Å². The molecule has 1 saturated heterocycles. The lowest BCUT2D eigenvalue weighted by molar-refractivity contribution is -0.130. The van der Waals surface area contributed by atoms with Gasteiger partial charge in [0.05, 0.1) is 13.5 Å². The fraction of sp³-hybridized carbons (Fsp3) is 0.364. The van der Waals surface area contributed by atoms with E-state index in [0.29, 0.717) is 37.6 Å². The molecular formula is C22H25N5O3. The topological polar surface area (TPSA) is 84.6 Å².